The van der Waals surface area contributed by atoms with Crippen molar-refractivity contribution in [2.24, 2.45) is 5.41 Å². The van der Waals surface area contributed by atoms with Crippen LogP contribution in [0.1, 0.15) is 51.7 Å². The van der Waals surface area contributed by atoms with Crippen LogP contribution in [0.5, 0.6) is 5.75 Å². The summed E-state index contributed by atoms with van der Waals surface area (Å²) >= 11 is 6.31. The summed E-state index contributed by atoms with van der Waals surface area (Å²) in [5.74, 6) is 0.733. The van der Waals surface area contributed by atoms with E-state index in [0.29, 0.717) is 36.6 Å². The molecule has 0 aliphatic rings. The Morgan fingerprint density at radius 1 is 1.24 bits per heavy atom. The molecule has 1 aromatic carbocycles. The van der Waals surface area contributed by atoms with Gasteiger partial charge in [0.15, 0.2) is 0 Å². The van der Waals surface area contributed by atoms with Gasteiger partial charge in [-0.05, 0) is 49.9 Å². The predicted octanol–water partition coefficient (Wildman–Crippen LogP) is 5.34. The number of benzene rings is 1. The number of alkyl halides is 1. The van der Waals surface area contributed by atoms with Gasteiger partial charge in [-0.2, -0.15) is 0 Å². The fraction of sp³-hybridized carbons (Fsp3) is 0.650. The smallest absolute Gasteiger partial charge is 0.141 e. The van der Waals surface area contributed by atoms with Gasteiger partial charge in [-0.3, -0.25) is 4.79 Å². The minimum atomic E-state index is -1.37. The lowest BCUT2D eigenvalue weighted by molar-refractivity contribution is -0.129. The highest BCUT2D eigenvalue weighted by molar-refractivity contribution is 6.31. The fourth-order valence-corrected chi connectivity index (χ4v) is 2.71. The zero-order valence-corrected chi connectivity index (χ0v) is 16.9. The number of Topliss-reactive ketones (excluding diaryl/α,β-unsaturated/α-hetero) is 1. The van der Waals surface area contributed by atoms with Crippen LogP contribution in [0.3, 0.4) is 0 Å². The van der Waals surface area contributed by atoms with E-state index in [1.165, 1.54) is 6.92 Å². The van der Waals surface area contributed by atoms with Crippen LogP contribution in [0.25, 0.3) is 0 Å². The molecule has 1 unspecified atom stereocenters. The molecular weight excluding hydrogens is 343 g/mol. The van der Waals surface area contributed by atoms with Crippen molar-refractivity contribution in [2.45, 2.75) is 59.5 Å². The summed E-state index contributed by atoms with van der Waals surface area (Å²) < 4.78 is 24.8. The third kappa shape index (κ3) is 6.59. The molecule has 25 heavy (non-hydrogen) atoms. The number of ether oxygens (including phenoxy) is 2. The van der Waals surface area contributed by atoms with Crippen molar-refractivity contribution in [3.8, 4) is 5.75 Å². The third-order valence-electron chi connectivity index (χ3n) is 4.49. The molecule has 0 aromatic heterocycles. The molecule has 1 rings (SSSR count). The molecule has 0 aliphatic heterocycles. The maximum absolute atomic E-state index is 14.1. The Balaban J connectivity index is 2.84. The third-order valence-corrected chi connectivity index (χ3v) is 4.84. The Kier molecular flexibility index (Phi) is 7.88. The van der Waals surface area contributed by atoms with E-state index < -0.39 is 11.1 Å². The largest absolute Gasteiger partial charge is 0.490 e. The summed E-state index contributed by atoms with van der Waals surface area (Å²) in [6, 6.07) is 3.62. The number of carbonyl (C=O) groups is 1. The van der Waals surface area contributed by atoms with Crippen molar-refractivity contribution >= 4 is 17.4 Å². The van der Waals surface area contributed by atoms with Crippen LogP contribution in [-0.2, 0) is 16.0 Å². The van der Waals surface area contributed by atoms with Crippen molar-refractivity contribution in [3.05, 3.63) is 28.3 Å². The summed E-state index contributed by atoms with van der Waals surface area (Å²) in [6.45, 7) is 9.30. The molecular formula is C20H30ClFO3. The maximum atomic E-state index is 14.1. The second-order valence-corrected chi connectivity index (χ2v) is 7.91. The van der Waals surface area contributed by atoms with Gasteiger partial charge in [0.1, 0.15) is 23.8 Å². The molecule has 0 saturated heterocycles. The molecule has 0 fully saturated rings. The lowest BCUT2D eigenvalue weighted by Crippen LogP contribution is -2.29. The van der Waals surface area contributed by atoms with Gasteiger partial charge in [0.25, 0.3) is 0 Å². The molecule has 3 nitrogen and oxygen atoms in total. The number of hydrogen-bond acceptors (Lipinski definition) is 3. The van der Waals surface area contributed by atoms with Crippen LogP contribution in [0.4, 0.5) is 4.39 Å². The van der Waals surface area contributed by atoms with E-state index in [0.717, 1.165) is 11.1 Å². The second-order valence-electron chi connectivity index (χ2n) is 7.50. The Hall–Kier alpha value is -1.13. The highest BCUT2D eigenvalue weighted by Gasteiger charge is 2.27. The number of hydrogen-bond donors (Lipinski definition) is 0. The first-order chi connectivity index (χ1) is 11.5. The first-order valence-corrected chi connectivity index (χ1v) is 9.03. The molecule has 0 radical (unpaired) electrons. The van der Waals surface area contributed by atoms with E-state index in [1.807, 2.05) is 26.8 Å². The Morgan fingerprint density at radius 3 is 2.44 bits per heavy atom. The van der Waals surface area contributed by atoms with Crippen LogP contribution in [0.15, 0.2) is 12.1 Å². The fourth-order valence-electron chi connectivity index (χ4n) is 2.40. The average molecular weight is 373 g/mol. The van der Waals surface area contributed by atoms with Gasteiger partial charge in [0.2, 0.25) is 0 Å². The monoisotopic (exact) mass is 372 g/mol. The average Bonchev–Trinajstić information content (AvgIpc) is 2.52. The van der Waals surface area contributed by atoms with Crippen molar-refractivity contribution in [1.82, 2.24) is 0 Å². The van der Waals surface area contributed by atoms with E-state index in [2.05, 4.69) is 0 Å². The Bertz CT molecular complexity index is 597. The second kappa shape index (κ2) is 9.00. The first kappa shape index (κ1) is 21.9. The predicted molar refractivity (Wildman–Crippen MR) is 100 cm³/mol. The standard InChI is InChI=1S/C20H30ClFO3/c1-7-20(5,22)13-25-17-11-15(16(21)10-14(17)2)8-9-18(23)19(3,4)12-24-6/h10-11H,7-9,12-13H2,1-6H3. The lowest BCUT2D eigenvalue weighted by atomic mass is 9.86. The molecule has 0 bridgehead atoms. The number of ketones is 1. The van der Waals surface area contributed by atoms with E-state index in [9.17, 15) is 9.18 Å². The molecule has 0 N–H and O–H groups in total. The number of methoxy groups -OCH3 is 1. The topological polar surface area (TPSA) is 35.5 Å². The quantitative estimate of drug-likeness (QED) is 0.556. The maximum Gasteiger partial charge on any atom is 0.141 e. The highest BCUT2D eigenvalue weighted by Crippen LogP contribution is 2.30. The number of aryl methyl sites for hydroxylation is 2. The summed E-state index contributed by atoms with van der Waals surface area (Å²) in [5.41, 5.74) is -0.206. The Morgan fingerprint density at radius 2 is 1.88 bits per heavy atom. The van der Waals surface area contributed by atoms with E-state index >= 15 is 0 Å². The molecule has 0 aliphatic carbocycles. The van der Waals surface area contributed by atoms with E-state index in [4.69, 9.17) is 21.1 Å². The van der Waals surface area contributed by atoms with Gasteiger partial charge in [-0.1, -0.05) is 32.4 Å². The Labute approximate surface area is 155 Å². The summed E-state index contributed by atoms with van der Waals surface area (Å²) in [6.07, 6.45) is 1.27. The SMILES string of the molecule is CCC(C)(F)COc1cc(CCC(=O)C(C)(C)COC)c(Cl)cc1C. The summed E-state index contributed by atoms with van der Waals surface area (Å²) in [5, 5.41) is 0.598. The van der Waals surface area contributed by atoms with Crippen molar-refractivity contribution < 1.29 is 18.7 Å². The van der Waals surface area contributed by atoms with Crippen LogP contribution >= 0.6 is 11.6 Å². The number of carbonyl (C=O) groups excluding carboxylic acids is 1. The zero-order chi connectivity index (χ0) is 19.3. The van der Waals surface area contributed by atoms with Crippen LogP contribution in [0.2, 0.25) is 5.02 Å². The highest BCUT2D eigenvalue weighted by atomic mass is 35.5. The van der Waals surface area contributed by atoms with E-state index in [1.54, 1.807) is 20.1 Å². The minimum Gasteiger partial charge on any atom is -0.490 e. The van der Waals surface area contributed by atoms with Crippen LogP contribution in [-0.4, -0.2) is 31.8 Å². The van der Waals surface area contributed by atoms with Gasteiger partial charge >= 0.3 is 0 Å². The molecule has 0 heterocycles. The molecule has 1 atom stereocenters. The lowest BCUT2D eigenvalue weighted by Gasteiger charge is -2.22. The normalized spacial score (nSPS) is 14.2. The molecule has 5 heteroatoms. The van der Waals surface area contributed by atoms with Crippen molar-refractivity contribution in [3.63, 3.8) is 0 Å². The van der Waals surface area contributed by atoms with Crippen molar-refractivity contribution in [1.29, 1.82) is 0 Å². The van der Waals surface area contributed by atoms with Gasteiger partial charge < -0.3 is 9.47 Å². The molecule has 1 aromatic rings. The summed E-state index contributed by atoms with van der Waals surface area (Å²) in [7, 11) is 1.59. The molecule has 0 spiro atoms. The summed E-state index contributed by atoms with van der Waals surface area (Å²) in [4.78, 5) is 12.4. The van der Waals surface area contributed by atoms with E-state index in [-0.39, 0.29) is 12.4 Å². The van der Waals surface area contributed by atoms with Gasteiger partial charge in [0, 0.05) is 24.0 Å². The zero-order valence-electron chi connectivity index (χ0n) is 16.2. The minimum absolute atomic E-state index is 0.00872. The first-order valence-electron chi connectivity index (χ1n) is 8.65. The van der Waals surface area contributed by atoms with Gasteiger partial charge in [0.05, 0.1) is 6.61 Å². The van der Waals surface area contributed by atoms with Gasteiger partial charge in [-0.25, -0.2) is 4.39 Å². The molecule has 142 valence electrons. The van der Waals surface area contributed by atoms with Crippen LogP contribution < -0.4 is 4.74 Å². The van der Waals surface area contributed by atoms with Crippen molar-refractivity contribution in [2.75, 3.05) is 20.3 Å². The van der Waals surface area contributed by atoms with Crippen LogP contribution in [0, 0.1) is 12.3 Å². The number of halogens is 2. The van der Waals surface area contributed by atoms with Gasteiger partial charge in [-0.15, -0.1) is 0 Å². The molecule has 0 amide bonds. The number of rotatable bonds is 10. The molecule has 0 saturated carbocycles.